The lowest BCUT2D eigenvalue weighted by Gasteiger charge is -2.22. The highest BCUT2D eigenvalue weighted by Crippen LogP contribution is 2.35. The largest absolute Gasteiger partial charge is 0.342 e. The molecule has 3 aromatic rings. The van der Waals surface area contributed by atoms with Crippen molar-refractivity contribution < 1.29 is 17.6 Å². The third-order valence-corrected chi connectivity index (χ3v) is 7.87. The molecule has 0 radical (unpaired) electrons. The molecule has 1 aliphatic carbocycles. The Hall–Kier alpha value is -2.78. The normalized spacial score (nSPS) is 14.9. The Labute approximate surface area is 180 Å². The van der Waals surface area contributed by atoms with Gasteiger partial charge in [0.25, 0.3) is 5.91 Å². The quantitative estimate of drug-likeness (QED) is 0.594. The van der Waals surface area contributed by atoms with E-state index in [4.69, 9.17) is 0 Å². The second-order valence-electron chi connectivity index (χ2n) is 8.19. The van der Waals surface area contributed by atoms with E-state index in [1.807, 2.05) is 0 Å². The average molecular weight is 445 g/mol. The van der Waals surface area contributed by atoms with Gasteiger partial charge in [-0.3, -0.25) is 4.79 Å². The molecular weight excluding hydrogens is 419 g/mol. The number of carbonyl (C=O) groups excluding carboxylic acids is 1. The highest BCUT2D eigenvalue weighted by atomic mass is 32.2. The predicted octanol–water partition coefficient (Wildman–Crippen LogP) is 4.25. The molecule has 0 aliphatic heterocycles. The Balaban J connectivity index is 1.59. The number of sulfonamides is 1. The average Bonchev–Trinajstić information content (AvgIpc) is 3.08. The molecule has 0 atom stereocenters. The van der Waals surface area contributed by atoms with Crippen molar-refractivity contribution in [2.24, 2.45) is 0 Å². The number of nitrogens with zero attached hydrogens (tertiary/aromatic N) is 2. The van der Waals surface area contributed by atoms with Gasteiger partial charge in [0.15, 0.2) is 0 Å². The summed E-state index contributed by atoms with van der Waals surface area (Å²) in [5.41, 5.74) is 1.72. The lowest BCUT2D eigenvalue weighted by molar-refractivity contribution is 0.102. The summed E-state index contributed by atoms with van der Waals surface area (Å²) < 4.78 is 41.0. The number of aromatic amines is 1. The van der Waals surface area contributed by atoms with Crippen LogP contribution >= 0.6 is 0 Å². The Morgan fingerprint density at radius 1 is 1.23 bits per heavy atom. The SMILES string of the molecule is CC(C)N(C)S(=O)(=O)c1ccc(F)c(C(=O)Nc2ccc3nc(C4CCC4)[nH]c3c2)c1. The summed E-state index contributed by atoms with van der Waals surface area (Å²) >= 11 is 0. The first-order valence-electron chi connectivity index (χ1n) is 10.3. The standard InChI is InChI=1S/C22H25FN4O3S/c1-13(2)27(3)31(29,30)16-8-9-18(23)17(12-16)22(28)24-15-7-10-19-20(11-15)26-21(25-19)14-5-4-6-14/h7-14H,4-6H2,1-3H3,(H,24,28)(H,25,26). The molecule has 9 heteroatoms. The van der Waals surface area contributed by atoms with Gasteiger partial charge in [-0.1, -0.05) is 6.42 Å². The lowest BCUT2D eigenvalue weighted by atomic mass is 9.85. The van der Waals surface area contributed by atoms with Gasteiger partial charge < -0.3 is 10.3 Å². The van der Waals surface area contributed by atoms with Crippen molar-refractivity contribution in [3.8, 4) is 0 Å². The molecule has 1 aromatic heterocycles. The van der Waals surface area contributed by atoms with Crippen LogP contribution in [0.15, 0.2) is 41.3 Å². The van der Waals surface area contributed by atoms with E-state index in [0.29, 0.717) is 11.6 Å². The number of nitrogens with one attached hydrogen (secondary N) is 2. The van der Waals surface area contributed by atoms with Crippen molar-refractivity contribution in [1.29, 1.82) is 0 Å². The minimum atomic E-state index is -3.84. The topological polar surface area (TPSA) is 95.2 Å². The molecule has 1 saturated carbocycles. The third-order valence-electron chi connectivity index (χ3n) is 5.84. The second-order valence-corrected chi connectivity index (χ2v) is 10.2. The van der Waals surface area contributed by atoms with E-state index in [2.05, 4.69) is 15.3 Å². The highest BCUT2D eigenvalue weighted by Gasteiger charge is 2.26. The monoisotopic (exact) mass is 444 g/mol. The number of H-pyrrole nitrogens is 1. The van der Waals surface area contributed by atoms with Gasteiger partial charge in [-0.05, 0) is 63.1 Å². The Kier molecular flexibility index (Phi) is 5.57. The van der Waals surface area contributed by atoms with Crippen LogP contribution in [0.25, 0.3) is 11.0 Å². The predicted molar refractivity (Wildman–Crippen MR) is 117 cm³/mol. The third kappa shape index (κ3) is 4.07. The summed E-state index contributed by atoms with van der Waals surface area (Å²) in [6.45, 7) is 3.47. The number of imidazole rings is 1. The van der Waals surface area contributed by atoms with Gasteiger partial charge in [-0.25, -0.2) is 17.8 Å². The Morgan fingerprint density at radius 2 is 1.97 bits per heavy atom. The fourth-order valence-electron chi connectivity index (χ4n) is 3.46. The van der Waals surface area contributed by atoms with Crippen LogP contribution in [0.5, 0.6) is 0 Å². The molecular formula is C22H25FN4O3S. The van der Waals surface area contributed by atoms with Crippen molar-refractivity contribution in [3.63, 3.8) is 0 Å². The van der Waals surface area contributed by atoms with Crippen molar-refractivity contribution in [3.05, 3.63) is 53.6 Å². The van der Waals surface area contributed by atoms with Crippen molar-refractivity contribution in [2.45, 2.75) is 50.0 Å². The van der Waals surface area contributed by atoms with Gasteiger partial charge in [0.05, 0.1) is 21.5 Å². The lowest BCUT2D eigenvalue weighted by Crippen LogP contribution is -2.33. The van der Waals surface area contributed by atoms with Gasteiger partial charge in [-0.2, -0.15) is 4.31 Å². The molecule has 1 aliphatic rings. The van der Waals surface area contributed by atoms with Crippen LogP contribution in [0.4, 0.5) is 10.1 Å². The number of hydrogen-bond acceptors (Lipinski definition) is 4. The number of hydrogen-bond donors (Lipinski definition) is 2. The molecule has 164 valence electrons. The number of carbonyl (C=O) groups is 1. The van der Waals surface area contributed by atoms with Crippen LogP contribution in [0.2, 0.25) is 0 Å². The van der Waals surface area contributed by atoms with E-state index in [0.717, 1.165) is 41.8 Å². The second kappa shape index (κ2) is 8.05. The highest BCUT2D eigenvalue weighted by molar-refractivity contribution is 7.89. The van der Waals surface area contributed by atoms with Gasteiger partial charge >= 0.3 is 0 Å². The molecule has 1 heterocycles. The minimum absolute atomic E-state index is 0.135. The van der Waals surface area contributed by atoms with Gasteiger partial charge in [0.1, 0.15) is 11.6 Å². The first kappa shape index (κ1) is 21.5. The summed E-state index contributed by atoms with van der Waals surface area (Å²) in [4.78, 5) is 20.5. The summed E-state index contributed by atoms with van der Waals surface area (Å²) in [6, 6.07) is 8.18. The molecule has 0 spiro atoms. The maximum Gasteiger partial charge on any atom is 0.258 e. The summed E-state index contributed by atoms with van der Waals surface area (Å²) in [5.74, 6) is -0.116. The molecule has 0 bridgehead atoms. The van der Waals surface area contributed by atoms with Crippen LogP contribution in [0.3, 0.4) is 0 Å². The fraction of sp³-hybridized carbons (Fsp3) is 0.364. The zero-order valence-corrected chi connectivity index (χ0v) is 18.5. The van der Waals surface area contributed by atoms with Crippen LogP contribution in [-0.4, -0.2) is 41.7 Å². The Bertz CT molecular complexity index is 1250. The number of anilines is 1. The van der Waals surface area contributed by atoms with E-state index in [1.54, 1.807) is 32.0 Å². The maximum atomic E-state index is 14.4. The van der Waals surface area contributed by atoms with E-state index in [9.17, 15) is 17.6 Å². The Morgan fingerprint density at radius 3 is 2.61 bits per heavy atom. The summed E-state index contributed by atoms with van der Waals surface area (Å²) in [5, 5.41) is 2.65. The van der Waals surface area contributed by atoms with E-state index < -0.39 is 21.7 Å². The first-order chi connectivity index (χ1) is 14.7. The number of amides is 1. The van der Waals surface area contributed by atoms with Crippen molar-refractivity contribution >= 4 is 32.7 Å². The van der Waals surface area contributed by atoms with E-state index in [1.165, 1.54) is 23.8 Å². The van der Waals surface area contributed by atoms with Crippen LogP contribution < -0.4 is 5.32 Å². The van der Waals surface area contributed by atoms with Crippen LogP contribution in [0, 0.1) is 5.82 Å². The number of halogens is 1. The van der Waals surface area contributed by atoms with Gasteiger partial charge in [0, 0.05) is 24.7 Å². The first-order valence-corrected chi connectivity index (χ1v) is 11.7. The number of fused-ring (bicyclic) bond motifs is 1. The van der Waals surface area contributed by atoms with E-state index in [-0.39, 0.29) is 16.5 Å². The molecule has 31 heavy (non-hydrogen) atoms. The fourth-order valence-corrected chi connectivity index (χ4v) is 4.86. The molecule has 0 saturated heterocycles. The summed E-state index contributed by atoms with van der Waals surface area (Å²) in [6.07, 6.45) is 3.44. The zero-order chi connectivity index (χ0) is 22.3. The smallest absolute Gasteiger partial charge is 0.258 e. The van der Waals surface area contributed by atoms with E-state index >= 15 is 0 Å². The van der Waals surface area contributed by atoms with Crippen molar-refractivity contribution in [2.75, 3.05) is 12.4 Å². The van der Waals surface area contributed by atoms with Gasteiger partial charge in [-0.15, -0.1) is 0 Å². The summed E-state index contributed by atoms with van der Waals surface area (Å²) in [7, 11) is -2.40. The molecule has 4 rings (SSSR count). The molecule has 0 unspecified atom stereocenters. The molecule has 1 amide bonds. The molecule has 2 N–H and O–H groups in total. The number of benzene rings is 2. The zero-order valence-electron chi connectivity index (χ0n) is 17.6. The van der Waals surface area contributed by atoms with Crippen molar-refractivity contribution in [1.82, 2.24) is 14.3 Å². The molecule has 7 nitrogen and oxygen atoms in total. The molecule has 2 aromatic carbocycles. The molecule has 1 fully saturated rings. The maximum absolute atomic E-state index is 14.4. The van der Waals surface area contributed by atoms with Crippen LogP contribution in [0.1, 0.15) is 55.2 Å². The number of aromatic nitrogens is 2. The minimum Gasteiger partial charge on any atom is -0.342 e. The number of rotatable bonds is 6. The van der Waals surface area contributed by atoms with Gasteiger partial charge in [0.2, 0.25) is 10.0 Å². The van der Waals surface area contributed by atoms with Crippen LogP contribution in [-0.2, 0) is 10.0 Å².